The van der Waals surface area contributed by atoms with Gasteiger partial charge in [-0.3, -0.25) is 15.0 Å². The average Bonchev–Trinajstić information content (AvgIpc) is 3.21. The fraction of sp³-hybridized carbons (Fsp3) is 0.412. The summed E-state index contributed by atoms with van der Waals surface area (Å²) >= 11 is 7.23. The Kier molecular flexibility index (Phi) is 5.84. The second kappa shape index (κ2) is 8.07. The van der Waals surface area contributed by atoms with Crippen LogP contribution in [0.5, 0.6) is 0 Å². The van der Waals surface area contributed by atoms with Crippen molar-refractivity contribution >= 4 is 27.9 Å². The molecule has 0 bridgehead atoms. The molecule has 0 spiro atoms. The fourth-order valence-electron chi connectivity index (χ4n) is 3.04. The first-order valence-corrected chi connectivity index (χ1v) is 9.20. The summed E-state index contributed by atoms with van der Waals surface area (Å²) in [6.07, 6.45) is 1.18. The van der Waals surface area contributed by atoms with E-state index in [1.807, 2.05) is 30.3 Å². The minimum atomic E-state index is -0.321. The number of nitrogens with one attached hydrogen (secondary N) is 1. The van der Waals surface area contributed by atoms with Crippen LogP contribution >= 0.6 is 22.9 Å². The SMILES string of the molecule is O=[N+]([O-])c1ccc(CN(Cc2ccc(Cl)cc2)C[C@H]2CCNC2)s1. The molecule has 2 heterocycles. The third-order valence-electron chi connectivity index (χ3n) is 4.21. The van der Waals surface area contributed by atoms with Gasteiger partial charge in [0.25, 0.3) is 0 Å². The Hall–Kier alpha value is -1.47. The quantitative estimate of drug-likeness (QED) is 0.596. The first kappa shape index (κ1) is 17.4. The molecule has 0 unspecified atom stereocenters. The predicted octanol–water partition coefficient (Wildman–Crippen LogP) is 3.92. The van der Waals surface area contributed by atoms with Crippen molar-refractivity contribution in [2.45, 2.75) is 19.5 Å². The van der Waals surface area contributed by atoms with E-state index in [4.69, 9.17) is 11.6 Å². The highest BCUT2D eigenvalue weighted by Crippen LogP contribution is 2.26. The molecular weight excluding hydrogens is 346 g/mol. The summed E-state index contributed by atoms with van der Waals surface area (Å²) in [6.45, 7) is 4.66. The van der Waals surface area contributed by atoms with Crippen LogP contribution in [0.2, 0.25) is 5.02 Å². The van der Waals surface area contributed by atoms with E-state index in [2.05, 4.69) is 10.2 Å². The van der Waals surface area contributed by atoms with Crippen molar-refractivity contribution in [3.05, 3.63) is 62.0 Å². The molecule has 0 saturated carbocycles. The van der Waals surface area contributed by atoms with Gasteiger partial charge in [0.15, 0.2) is 0 Å². The average molecular weight is 366 g/mol. The van der Waals surface area contributed by atoms with E-state index in [9.17, 15) is 10.1 Å². The Morgan fingerprint density at radius 2 is 2.04 bits per heavy atom. The molecule has 1 N–H and O–H groups in total. The smallest absolute Gasteiger partial charge is 0.316 e. The molecule has 24 heavy (non-hydrogen) atoms. The molecule has 0 aliphatic carbocycles. The summed E-state index contributed by atoms with van der Waals surface area (Å²) < 4.78 is 0. The third kappa shape index (κ3) is 4.77. The number of halogens is 1. The van der Waals surface area contributed by atoms with E-state index < -0.39 is 0 Å². The van der Waals surface area contributed by atoms with Crippen LogP contribution in [0.25, 0.3) is 0 Å². The molecule has 1 saturated heterocycles. The highest BCUT2D eigenvalue weighted by atomic mass is 35.5. The second-order valence-corrected chi connectivity index (χ2v) is 7.74. The van der Waals surface area contributed by atoms with Crippen LogP contribution in [0.15, 0.2) is 36.4 Å². The number of benzene rings is 1. The Balaban J connectivity index is 1.70. The number of rotatable bonds is 7. The molecule has 3 rings (SSSR count). The predicted molar refractivity (Wildman–Crippen MR) is 97.5 cm³/mol. The van der Waals surface area contributed by atoms with Gasteiger partial charge in [0.2, 0.25) is 0 Å². The number of nitrogens with zero attached hydrogens (tertiary/aromatic N) is 2. The lowest BCUT2D eigenvalue weighted by Gasteiger charge is -2.25. The Morgan fingerprint density at radius 3 is 2.67 bits per heavy atom. The van der Waals surface area contributed by atoms with Gasteiger partial charge in [-0.25, -0.2) is 0 Å². The maximum atomic E-state index is 10.9. The molecular formula is C17H20ClN3O2S. The van der Waals surface area contributed by atoms with Crippen molar-refractivity contribution < 1.29 is 4.92 Å². The molecule has 0 radical (unpaired) electrons. The summed E-state index contributed by atoms with van der Waals surface area (Å²) in [5.74, 6) is 0.632. The summed E-state index contributed by atoms with van der Waals surface area (Å²) in [7, 11) is 0. The normalized spacial score (nSPS) is 17.5. The fourth-order valence-corrected chi connectivity index (χ4v) is 4.03. The van der Waals surface area contributed by atoms with Gasteiger partial charge in [-0.1, -0.05) is 35.1 Å². The Bertz CT molecular complexity index is 683. The van der Waals surface area contributed by atoms with E-state index in [0.29, 0.717) is 5.92 Å². The summed E-state index contributed by atoms with van der Waals surface area (Å²) in [4.78, 5) is 14.0. The molecule has 1 aliphatic rings. The summed E-state index contributed by atoms with van der Waals surface area (Å²) in [6, 6.07) is 11.4. The van der Waals surface area contributed by atoms with Crippen LogP contribution in [-0.2, 0) is 13.1 Å². The van der Waals surface area contributed by atoms with Crippen molar-refractivity contribution in [3.8, 4) is 0 Å². The van der Waals surface area contributed by atoms with Crippen molar-refractivity contribution in [2.75, 3.05) is 19.6 Å². The monoisotopic (exact) mass is 365 g/mol. The number of nitro groups is 1. The van der Waals surface area contributed by atoms with Gasteiger partial charge in [0.05, 0.1) is 4.92 Å². The van der Waals surface area contributed by atoms with Gasteiger partial charge in [0, 0.05) is 35.6 Å². The first-order chi connectivity index (χ1) is 11.6. The molecule has 1 fully saturated rings. The lowest BCUT2D eigenvalue weighted by molar-refractivity contribution is -0.380. The van der Waals surface area contributed by atoms with Crippen LogP contribution in [0, 0.1) is 16.0 Å². The van der Waals surface area contributed by atoms with E-state index in [1.165, 1.54) is 23.3 Å². The van der Waals surface area contributed by atoms with Crippen LogP contribution in [-0.4, -0.2) is 29.5 Å². The Labute approximate surface area is 150 Å². The van der Waals surface area contributed by atoms with Crippen molar-refractivity contribution in [2.24, 2.45) is 5.92 Å². The lowest BCUT2D eigenvalue weighted by Crippen LogP contribution is -2.29. The zero-order valence-electron chi connectivity index (χ0n) is 13.3. The standard InChI is InChI=1S/C17H20ClN3O2S/c18-15-3-1-13(2-4-15)10-20(11-14-7-8-19-9-14)12-16-5-6-17(24-16)21(22)23/h1-6,14,19H,7-12H2/t14-/m0/s1. The number of hydrogen-bond acceptors (Lipinski definition) is 5. The molecule has 1 aromatic carbocycles. The topological polar surface area (TPSA) is 58.4 Å². The van der Waals surface area contributed by atoms with Gasteiger partial charge in [-0.15, -0.1) is 0 Å². The second-order valence-electron chi connectivity index (χ2n) is 6.15. The minimum Gasteiger partial charge on any atom is -0.316 e. The van der Waals surface area contributed by atoms with Gasteiger partial charge >= 0.3 is 5.00 Å². The lowest BCUT2D eigenvalue weighted by atomic mass is 10.1. The Morgan fingerprint density at radius 1 is 1.25 bits per heavy atom. The number of hydrogen-bond donors (Lipinski definition) is 1. The molecule has 1 atom stereocenters. The first-order valence-electron chi connectivity index (χ1n) is 8.01. The van der Waals surface area contributed by atoms with E-state index in [0.717, 1.165) is 42.6 Å². The highest BCUT2D eigenvalue weighted by molar-refractivity contribution is 7.15. The van der Waals surface area contributed by atoms with Gasteiger partial charge < -0.3 is 5.32 Å². The summed E-state index contributed by atoms with van der Waals surface area (Å²) in [5, 5.41) is 15.2. The van der Waals surface area contributed by atoms with Crippen LogP contribution < -0.4 is 5.32 Å². The third-order valence-corrected chi connectivity index (χ3v) is 5.48. The zero-order chi connectivity index (χ0) is 16.9. The van der Waals surface area contributed by atoms with Crippen molar-refractivity contribution in [1.82, 2.24) is 10.2 Å². The molecule has 1 aromatic heterocycles. The summed E-state index contributed by atoms with van der Waals surface area (Å²) in [5.41, 5.74) is 1.21. The molecule has 2 aromatic rings. The van der Waals surface area contributed by atoms with Crippen LogP contribution in [0.4, 0.5) is 5.00 Å². The molecule has 5 nitrogen and oxygen atoms in total. The van der Waals surface area contributed by atoms with Gasteiger partial charge in [0.1, 0.15) is 0 Å². The molecule has 128 valence electrons. The maximum Gasteiger partial charge on any atom is 0.324 e. The zero-order valence-corrected chi connectivity index (χ0v) is 14.9. The minimum absolute atomic E-state index is 0.207. The van der Waals surface area contributed by atoms with E-state index in [-0.39, 0.29) is 9.92 Å². The largest absolute Gasteiger partial charge is 0.324 e. The maximum absolute atomic E-state index is 10.9. The molecule has 7 heteroatoms. The van der Waals surface area contributed by atoms with Crippen LogP contribution in [0.3, 0.4) is 0 Å². The van der Waals surface area contributed by atoms with E-state index >= 15 is 0 Å². The molecule has 1 aliphatic heterocycles. The van der Waals surface area contributed by atoms with Crippen molar-refractivity contribution in [3.63, 3.8) is 0 Å². The molecule has 0 amide bonds. The van der Waals surface area contributed by atoms with Crippen molar-refractivity contribution in [1.29, 1.82) is 0 Å². The number of thiophene rings is 1. The van der Waals surface area contributed by atoms with Crippen LogP contribution in [0.1, 0.15) is 16.9 Å². The van der Waals surface area contributed by atoms with Gasteiger partial charge in [-0.05, 0) is 49.2 Å². The highest BCUT2D eigenvalue weighted by Gasteiger charge is 2.20. The van der Waals surface area contributed by atoms with Gasteiger partial charge in [-0.2, -0.15) is 0 Å². The van der Waals surface area contributed by atoms with E-state index in [1.54, 1.807) is 6.07 Å².